The second-order valence-electron chi connectivity index (χ2n) is 6.74. The van der Waals surface area contributed by atoms with Gasteiger partial charge in [-0.1, -0.05) is 45.8 Å². The highest BCUT2D eigenvalue weighted by atomic mass is 16.6. The zero-order valence-corrected chi connectivity index (χ0v) is 10.6. The van der Waals surface area contributed by atoms with Gasteiger partial charge in [0.1, 0.15) is 0 Å². The third kappa shape index (κ3) is 1.08. The van der Waals surface area contributed by atoms with Gasteiger partial charge in [0.15, 0.2) is 0 Å². The van der Waals surface area contributed by atoms with Gasteiger partial charge in [0.25, 0.3) is 0 Å². The Kier molecular flexibility index (Phi) is 1.65. The second kappa shape index (κ2) is 2.51. The molecule has 0 saturated carbocycles. The molecule has 0 spiro atoms. The lowest BCUT2D eigenvalue weighted by atomic mass is 9.69. The summed E-state index contributed by atoms with van der Waals surface area (Å²) in [6, 6.07) is 0. The van der Waals surface area contributed by atoms with Crippen LogP contribution in [0, 0.1) is 16.7 Å². The lowest BCUT2D eigenvalue weighted by Gasteiger charge is -2.35. The average Bonchev–Trinajstić information content (AvgIpc) is 2.89. The summed E-state index contributed by atoms with van der Waals surface area (Å²) in [7, 11) is 0. The lowest BCUT2D eigenvalue weighted by Crippen LogP contribution is -2.28. The molecule has 1 saturated heterocycles. The number of ether oxygens (including phenoxy) is 1. The molecule has 0 radical (unpaired) electrons. The molecule has 0 bridgehead atoms. The maximum atomic E-state index is 5.69. The van der Waals surface area contributed by atoms with Gasteiger partial charge >= 0.3 is 0 Å². The van der Waals surface area contributed by atoms with E-state index in [1.54, 1.807) is 11.1 Å². The first-order valence-electron chi connectivity index (χ1n) is 6.23. The molecule has 1 aliphatic heterocycles. The Morgan fingerprint density at radius 2 is 1.33 bits per heavy atom. The molecule has 84 valence electrons. The number of rotatable bonds is 0. The van der Waals surface area contributed by atoms with Crippen LogP contribution in [0.15, 0.2) is 11.1 Å². The minimum absolute atomic E-state index is 0.385. The number of hydrogen-bond acceptors (Lipinski definition) is 1. The lowest BCUT2D eigenvalue weighted by molar-refractivity contribution is 0.182. The summed E-state index contributed by atoms with van der Waals surface area (Å²) in [5, 5.41) is 0. The molecule has 0 aromatic heterocycles. The number of epoxide rings is 1. The van der Waals surface area contributed by atoms with Gasteiger partial charge < -0.3 is 4.74 Å². The fourth-order valence-electron chi connectivity index (χ4n) is 3.92. The largest absolute Gasteiger partial charge is 0.369 e. The van der Waals surface area contributed by atoms with Crippen LogP contribution in [0.3, 0.4) is 0 Å². The summed E-state index contributed by atoms with van der Waals surface area (Å²) in [6.07, 6.45) is 3.56. The molecular formula is C14H22O. The monoisotopic (exact) mass is 206 g/mol. The predicted molar refractivity (Wildman–Crippen MR) is 61.6 cm³/mol. The van der Waals surface area contributed by atoms with Crippen molar-refractivity contribution < 1.29 is 4.74 Å². The molecule has 2 aliphatic carbocycles. The van der Waals surface area contributed by atoms with Crippen molar-refractivity contribution in [3.8, 4) is 0 Å². The highest BCUT2D eigenvalue weighted by molar-refractivity contribution is 5.39. The zero-order chi connectivity index (χ0) is 11.0. The van der Waals surface area contributed by atoms with Crippen molar-refractivity contribution in [2.24, 2.45) is 16.7 Å². The molecule has 0 aromatic rings. The van der Waals surface area contributed by atoms with Crippen LogP contribution in [-0.4, -0.2) is 12.2 Å². The third-order valence-corrected chi connectivity index (χ3v) is 5.58. The highest BCUT2D eigenvalue weighted by Gasteiger charge is 2.56. The predicted octanol–water partition coefficient (Wildman–Crippen LogP) is 3.55. The van der Waals surface area contributed by atoms with Crippen LogP contribution in [0.4, 0.5) is 0 Å². The van der Waals surface area contributed by atoms with E-state index in [0.29, 0.717) is 23.0 Å². The Morgan fingerprint density at radius 3 is 1.73 bits per heavy atom. The number of hydrogen-bond donors (Lipinski definition) is 0. The van der Waals surface area contributed by atoms with Crippen LogP contribution < -0.4 is 0 Å². The van der Waals surface area contributed by atoms with Crippen molar-refractivity contribution in [2.75, 3.05) is 0 Å². The SMILES string of the molecule is CC1C(C)(C)C2=C(CC3OC3C2)C1(C)C. The van der Waals surface area contributed by atoms with E-state index in [9.17, 15) is 0 Å². The molecule has 3 rings (SSSR count). The van der Waals surface area contributed by atoms with E-state index in [-0.39, 0.29) is 0 Å². The Balaban J connectivity index is 2.08. The van der Waals surface area contributed by atoms with Crippen LogP contribution in [0.2, 0.25) is 0 Å². The molecule has 1 nitrogen and oxygen atoms in total. The molecule has 0 aromatic carbocycles. The minimum atomic E-state index is 0.385. The van der Waals surface area contributed by atoms with Crippen LogP contribution in [0.25, 0.3) is 0 Å². The van der Waals surface area contributed by atoms with Gasteiger partial charge in [0, 0.05) is 0 Å². The molecule has 15 heavy (non-hydrogen) atoms. The van der Waals surface area contributed by atoms with Gasteiger partial charge in [0.2, 0.25) is 0 Å². The Labute approximate surface area is 92.9 Å². The third-order valence-electron chi connectivity index (χ3n) is 5.58. The summed E-state index contributed by atoms with van der Waals surface area (Å²) in [5.41, 5.74) is 4.21. The molecule has 1 fully saturated rings. The van der Waals surface area contributed by atoms with E-state index in [4.69, 9.17) is 4.74 Å². The maximum absolute atomic E-state index is 5.69. The van der Waals surface area contributed by atoms with Crippen molar-refractivity contribution in [3.63, 3.8) is 0 Å². The summed E-state index contributed by atoms with van der Waals surface area (Å²) in [5.74, 6) is 0.757. The van der Waals surface area contributed by atoms with E-state index in [0.717, 1.165) is 5.92 Å². The molecule has 0 amide bonds. The quantitative estimate of drug-likeness (QED) is 0.436. The van der Waals surface area contributed by atoms with E-state index >= 15 is 0 Å². The molecule has 2 unspecified atom stereocenters. The van der Waals surface area contributed by atoms with E-state index in [2.05, 4.69) is 34.6 Å². The van der Waals surface area contributed by atoms with Crippen molar-refractivity contribution in [1.82, 2.24) is 0 Å². The highest BCUT2D eigenvalue weighted by Crippen LogP contribution is 2.63. The standard InChI is InChI=1S/C14H22O/c1-8-13(2,3)9-6-11-12(15-11)7-10(9)14(8,4)5/h8,11-12H,6-7H2,1-5H3. The van der Waals surface area contributed by atoms with Gasteiger partial charge in [-0.2, -0.15) is 0 Å². The Bertz CT molecular complexity index is 316. The van der Waals surface area contributed by atoms with E-state index < -0.39 is 0 Å². The van der Waals surface area contributed by atoms with Crippen molar-refractivity contribution in [1.29, 1.82) is 0 Å². The van der Waals surface area contributed by atoms with Gasteiger partial charge in [-0.05, 0) is 29.6 Å². The van der Waals surface area contributed by atoms with Gasteiger partial charge in [0.05, 0.1) is 12.2 Å². The fourth-order valence-corrected chi connectivity index (χ4v) is 3.92. The van der Waals surface area contributed by atoms with Gasteiger partial charge in [-0.3, -0.25) is 0 Å². The van der Waals surface area contributed by atoms with Crippen LogP contribution in [-0.2, 0) is 4.74 Å². The van der Waals surface area contributed by atoms with Crippen molar-refractivity contribution >= 4 is 0 Å². The van der Waals surface area contributed by atoms with Crippen LogP contribution in [0.5, 0.6) is 0 Å². The summed E-state index contributed by atoms with van der Waals surface area (Å²) < 4.78 is 5.69. The first-order valence-corrected chi connectivity index (χ1v) is 6.23. The molecule has 0 N–H and O–H groups in total. The molecule has 1 heterocycles. The summed E-state index contributed by atoms with van der Waals surface area (Å²) >= 11 is 0. The van der Waals surface area contributed by atoms with E-state index in [1.165, 1.54) is 12.8 Å². The smallest absolute Gasteiger partial charge is 0.0882 e. The first kappa shape index (κ1) is 9.89. The molecular weight excluding hydrogens is 184 g/mol. The Morgan fingerprint density at radius 1 is 0.933 bits per heavy atom. The van der Waals surface area contributed by atoms with Gasteiger partial charge in [-0.25, -0.2) is 0 Å². The first-order chi connectivity index (χ1) is 6.85. The van der Waals surface area contributed by atoms with Crippen LogP contribution in [0.1, 0.15) is 47.5 Å². The molecule has 2 atom stereocenters. The van der Waals surface area contributed by atoms with Crippen molar-refractivity contribution in [3.05, 3.63) is 11.1 Å². The molecule has 3 aliphatic rings. The minimum Gasteiger partial charge on any atom is -0.369 e. The topological polar surface area (TPSA) is 12.5 Å². The average molecular weight is 206 g/mol. The van der Waals surface area contributed by atoms with E-state index in [1.807, 2.05) is 0 Å². The summed E-state index contributed by atoms with van der Waals surface area (Å²) in [4.78, 5) is 0. The zero-order valence-electron chi connectivity index (χ0n) is 10.6. The normalized spacial score (nSPS) is 45.0. The van der Waals surface area contributed by atoms with Gasteiger partial charge in [-0.15, -0.1) is 0 Å². The Hall–Kier alpha value is -0.300. The summed E-state index contributed by atoms with van der Waals surface area (Å²) in [6.45, 7) is 12.1. The van der Waals surface area contributed by atoms with Crippen molar-refractivity contribution in [2.45, 2.75) is 59.7 Å². The van der Waals surface area contributed by atoms with Crippen LogP contribution >= 0.6 is 0 Å². The number of fused-ring (bicyclic) bond motifs is 1. The second-order valence-corrected chi connectivity index (χ2v) is 6.74. The maximum Gasteiger partial charge on any atom is 0.0882 e. The molecule has 1 heteroatoms. The fraction of sp³-hybridized carbons (Fsp3) is 0.857.